The molecule has 0 spiro atoms. The highest BCUT2D eigenvalue weighted by Crippen LogP contribution is 2.19. The molecule has 0 aliphatic heterocycles. The first-order chi connectivity index (χ1) is 8.63. The molecular formula is C11H13N5O2. The number of aromatic nitrogens is 4. The first kappa shape index (κ1) is 12.0. The molecule has 0 radical (unpaired) electrons. The van der Waals surface area contributed by atoms with Gasteiger partial charge in [0.15, 0.2) is 5.82 Å². The van der Waals surface area contributed by atoms with Crippen molar-refractivity contribution in [3.05, 3.63) is 29.6 Å². The van der Waals surface area contributed by atoms with Crippen molar-refractivity contribution < 1.29 is 9.90 Å². The number of nitrogens with two attached hydrogens (primary N) is 1. The van der Waals surface area contributed by atoms with E-state index in [0.29, 0.717) is 23.6 Å². The topological polar surface area (TPSA) is 107 Å². The van der Waals surface area contributed by atoms with Gasteiger partial charge >= 0.3 is 5.97 Å². The number of nitrogen functional groups attached to an aromatic ring is 1. The van der Waals surface area contributed by atoms with E-state index in [0.717, 1.165) is 6.42 Å². The lowest BCUT2D eigenvalue weighted by atomic mass is 10.1. The Morgan fingerprint density at radius 3 is 2.94 bits per heavy atom. The van der Waals surface area contributed by atoms with Crippen LogP contribution in [0.2, 0.25) is 0 Å². The van der Waals surface area contributed by atoms with Crippen LogP contribution in [0, 0.1) is 0 Å². The highest BCUT2D eigenvalue weighted by molar-refractivity contribution is 5.92. The molecule has 7 nitrogen and oxygen atoms in total. The molecule has 18 heavy (non-hydrogen) atoms. The van der Waals surface area contributed by atoms with Gasteiger partial charge in [0, 0.05) is 12.1 Å². The highest BCUT2D eigenvalue weighted by Gasteiger charge is 2.16. The second-order valence-corrected chi connectivity index (χ2v) is 3.84. The Labute approximate surface area is 103 Å². The third-order valence-corrected chi connectivity index (χ3v) is 2.49. The largest absolute Gasteiger partial charge is 0.478 e. The normalized spacial score (nSPS) is 10.5. The average molecular weight is 247 g/mol. The minimum Gasteiger partial charge on any atom is -0.478 e. The van der Waals surface area contributed by atoms with Gasteiger partial charge in [-0.3, -0.25) is 0 Å². The van der Waals surface area contributed by atoms with E-state index in [2.05, 4.69) is 15.5 Å². The molecule has 94 valence electrons. The number of aryl methyl sites for hydroxylation is 1. The average Bonchev–Trinajstić information content (AvgIpc) is 2.77. The van der Waals surface area contributed by atoms with Crippen molar-refractivity contribution in [3.63, 3.8) is 0 Å². The second kappa shape index (κ2) is 4.82. The molecule has 0 bridgehead atoms. The van der Waals surface area contributed by atoms with Crippen LogP contribution in [0.4, 0.5) is 5.69 Å². The van der Waals surface area contributed by atoms with E-state index >= 15 is 0 Å². The summed E-state index contributed by atoms with van der Waals surface area (Å²) in [7, 11) is 0. The molecule has 0 unspecified atom stereocenters. The zero-order chi connectivity index (χ0) is 13.1. The van der Waals surface area contributed by atoms with Gasteiger partial charge in [0.05, 0.1) is 11.3 Å². The van der Waals surface area contributed by atoms with Crippen LogP contribution in [0.15, 0.2) is 18.2 Å². The Morgan fingerprint density at radius 1 is 1.50 bits per heavy atom. The van der Waals surface area contributed by atoms with Crippen molar-refractivity contribution in [1.82, 2.24) is 20.2 Å². The molecule has 1 aromatic carbocycles. The summed E-state index contributed by atoms with van der Waals surface area (Å²) in [6, 6.07) is 4.54. The summed E-state index contributed by atoms with van der Waals surface area (Å²) in [6.07, 6.45) is 1.53. The number of benzene rings is 1. The Hall–Kier alpha value is -2.44. The van der Waals surface area contributed by atoms with Gasteiger partial charge in [-0.25, -0.2) is 4.79 Å². The number of hydrogen-bond donors (Lipinski definition) is 2. The summed E-state index contributed by atoms with van der Waals surface area (Å²) in [4.78, 5) is 11.2. The monoisotopic (exact) mass is 247 g/mol. The van der Waals surface area contributed by atoms with Crippen molar-refractivity contribution in [2.45, 2.75) is 19.8 Å². The van der Waals surface area contributed by atoms with Gasteiger partial charge in [-0.15, -0.1) is 5.10 Å². The molecule has 0 atom stereocenters. The maximum absolute atomic E-state index is 11.2. The van der Waals surface area contributed by atoms with Crippen LogP contribution >= 0.6 is 0 Å². The zero-order valence-corrected chi connectivity index (χ0v) is 9.87. The fourth-order valence-electron chi connectivity index (χ4n) is 1.68. The Bertz CT molecular complexity index is 579. The van der Waals surface area contributed by atoms with Crippen LogP contribution in [-0.2, 0) is 6.42 Å². The van der Waals surface area contributed by atoms with E-state index in [1.165, 1.54) is 16.8 Å². The van der Waals surface area contributed by atoms with Gasteiger partial charge in [0.25, 0.3) is 0 Å². The van der Waals surface area contributed by atoms with Crippen molar-refractivity contribution >= 4 is 11.7 Å². The summed E-state index contributed by atoms with van der Waals surface area (Å²) in [6.45, 7) is 2.00. The van der Waals surface area contributed by atoms with Crippen molar-refractivity contribution in [2.75, 3.05) is 5.73 Å². The molecule has 0 aliphatic rings. The number of hydrogen-bond acceptors (Lipinski definition) is 5. The minimum atomic E-state index is -1.04. The van der Waals surface area contributed by atoms with E-state index in [9.17, 15) is 4.79 Å². The van der Waals surface area contributed by atoms with E-state index in [4.69, 9.17) is 10.8 Å². The summed E-state index contributed by atoms with van der Waals surface area (Å²) in [5.74, 6) is -0.423. The number of aromatic carboxylic acids is 1. The number of rotatable bonds is 4. The molecule has 1 heterocycles. The SMILES string of the molecule is CCCc1nnnn1-c1cc(N)ccc1C(=O)O. The molecule has 0 amide bonds. The van der Waals surface area contributed by atoms with Crippen molar-refractivity contribution in [3.8, 4) is 5.69 Å². The molecule has 0 saturated carbocycles. The summed E-state index contributed by atoms with van der Waals surface area (Å²) in [5.41, 5.74) is 6.65. The quantitative estimate of drug-likeness (QED) is 0.777. The lowest BCUT2D eigenvalue weighted by molar-refractivity contribution is 0.0696. The Morgan fingerprint density at radius 2 is 2.28 bits per heavy atom. The molecule has 0 saturated heterocycles. The van der Waals surface area contributed by atoms with Gasteiger partial charge in [-0.1, -0.05) is 6.92 Å². The van der Waals surface area contributed by atoms with Gasteiger partial charge in [0.1, 0.15) is 0 Å². The standard InChI is InChI=1S/C11H13N5O2/c1-2-3-10-13-14-15-16(10)9-6-7(12)4-5-8(9)11(17)18/h4-6H,2-3,12H2,1H3,(H,17,18). The third-order valence-electron chi connectivity index (χ3n) is 2.49. The molecular weight excluding hydrogens is 234 g/mol. The highest BCUT2D eigenvalue weighted by atomic mass is 16.4. The number of carbonyl (C=O) groups is 1. The van der Waals surface area contributed by atoms with Crippen molar-refractivity contribution in [1.29, 1.82) is 0 Å². The number of anilines is 1. The number of carboxylic acid groups (broad SMARTS) is 1. The van der Waals surface area contributed by atoms with Crippen LogP contribution < -0.4 is 5.73 Å². The maximum atomic E-state index is 11.2. The predicted octanol–water partition coefficient (Wildman–Crippen LogP) is 0.895. The lowest BCUT2D eigenvalue weighted by Gasteiger charge is -2.08. The second-order valence-electron chi connectivity index (χ2n) is 3.84. The lowest BCUT2D eigenvalue weighted by Crippen LogP contribution is -2.10. The van der Waals surface area contributed by atoms with Crippen LogP contribution in [0.5, 0.6) is 0 Å². The van der Waals surface area contributed by atoms with E-state index in [1.807, 2.05) is 6.92 Å². The van der Waals surface area contributed by atoms with Gasteiger partial charge in [0.2, 0.25) is 0 Å². The smallest absolute Gasteiger partial charge is 0.337 e. The Kier molecular flexibility index (Phi) is 3.22. The first-order valence-corrected chi connectivity index (χ1v) is 5.54. The Balaban J connectivity index is 2.58. The number of nitrogens with zero attached hydrogens (tertiary/aromatic N) is 4. The van der Waals surface area contributed by atoms with E-state index < -0.39 is 5.97 Å². The summed E-state index contributed by atoms with van der Waals surface area (Å²) in [5, 5.41) is 20.4. The number of tetrazole rings is 1. The predicted molar refractivity (Wildman–Crippen MR) is 64.5 cm³/mol. The molecule has 3 N–H and O–H groups in total. The molecule has 2 rings (SSSR count). The zero-order valence-electron chi connectivity index (χ0n) is 9.87. The van der Waals surface area contributed by atoms with Crippen LogP contribution in [0.25, 0.3) is 5.69 Å². The summed E-state index contributed by atoms with van der Waals surface area (Å²) >= 11 is 0. The van der Waals surface area contributed by atoms with Crippen molar-refractivity contribution in [2.24, 2.45) is 0 Å². The molecule has 0 fully saturated rings. The van der Waals surface area contributed by atoms with E-state index in [1.54, 1.807) is 6.07 Å². The fraction of sp³-hybridized carbons (Fsp3) is 0.273. The molecule has 2 aromatic rings. The third kappa shape index (κ3) is 2.15. The minimum absolute atomic E-state index is 0.119. The van der Waals surface area contributed by atoms with E-state index in [-0.39, 0.29) is 5.56 Å². The van der Waals surface area contributed by atoms with Gasteiger partial charge in [-0.2, -0.15) is 4.68 Å². The van der Waals surface area contributed by atoms with Gasteiger partial charge in [-0.05, 0) is 35.0 Å². The molecule has 1 aromatic heterocycles. The van der Waals surface area contributed by atoms with Crippen LogP contribution in [-0.4, -0.2) is 31.3 Å². The fourth-order valence-corrected chi connectivity index (χ4v) is 1.68. The van der Waals surface area contributed by atoms with Gasteiger partial charge < -0.3 is 10.8 Å². The maximum Gasteiger partial charge on any atom is 0.337 e. The molecule has 0 aliphatic carbocycles. The van der Waals surface area contributed by atoms with Crippen LogP contribution in [0.1, 0.15) is 29.5 Å². The number of carboxylic acids is 1. The molecule has 7 heteroatoms. The first-order valence-electron chi connectivity index (χ1n) is 5.54. The van der Waals surface area contributed by atoms with Crippen LogP contribution in [0.3, 0.4) is 0 Å². The summed E-state index contributed by atoms with van der Waals surface area (Å²) < 4.78 is 1.42.